The zero-order chi connectivity index (χ0) is 16.2. The van der Waals surface area contributed by atoms with Gasteiger partial charge in [-0.15, -0.1) is 0 Å². The van der Waals surface area contributed by atoms with E-state index in [9.17, 15) is 9.90 Å². The number of aliphatic hydroxyl groups excluding tert-OH is 1. The van der Waals surface area contributed by atoms with Gasteiger partial charge in [-0.25, -0.2) is 4.98 Å². The number of hydrogen-bond acceptors (Lipinski definition) is 4. The summed E-state index contributed by atoms with van der Waals surface area (Å²) in [5.74, 6) is -0.0000708. The number of nitriles is 1. The summed E-state index contributed by atoms with van der Waals surface area (Å²) < 4.78 is 0. The third-order valence-electron chi connectivity index (χ3n) is 4.21. The average molecular weight is 307 g/mol. The van der Waals surface area contributed by atoms with Crippen LogP contribution in [-0.4, -0.2) is 22.1 Å². The number of rotatable bonds is 4. The first-order chi connectivity index (χ1) is 11.2. The Balaban J connectivity index is 1.77. The first-order valence-electron chi connectivity index (χ1n) is 7.57. The predicted octanol–water partition coefficient (Wildman–Crippen LogP) is 2.20. The summed E-state index contributed by atoms with van der Waals surface area (Å²) in [6.45, 7) is 0. The molecule has 0 unspecified atom stereocenters. The molecule has 5 nitrogen and oxygen atoms in total. The Morgan fingerprint density at radius 2 is 2.00 bits per heavy atom. The average Bonchev–Trinajstić information content (AvgIpc) is 2.58. The van der Waals surface area contributed by atoms with E-state index in [-0.39, 0.29) is 29.7 Å². The van der Waals surface area contributed by atoms with Gasteiger partial charge >= 0.3 is 0 Å². The zero-order valence-electron chi connectivity index (χ0n) is 12.5. The van der Waals surface area contributed by atoms with Gasteiger partial charge in [0.05, 0.1) is 17.7 Å². The lowest BCUT2D eigenvalue weighted by Crippen LogP contribution is -2.41. The maximum Gasteiger partial charge on any atom is 0.253 e. The normalized spacial score (nSPS) is 20.9. The molecule has 1 saturated carbocycles. The van der Waals surface area contributed by atoms with Crippen molar-refractivity contribution in [1.29, 1.82) is 5.26 Å². The molecule has 1 heterocycles. The van der Waals surface area contributed by atoms with Crippen LogP contribution in [0.1, 0.15) is 40.5 Å². The van der Waals surface area contributed by atoms with Gasteiger partial charge in [-0.3, -0.25) is 4.79 Å². The fraction of sp³-hybridized carbons (Fsp3) is 0.278. The number of nitrogens with one attached hydrogen (secondary N) is 1. The van der Waals surface area contributed by atoms with Crippen molar-refractivity contribution >= 4 is 5.91 Å². The lowest BCUT2D eigenvalue weighted by Gasteiger charge is -2.38. The van der Waals surface area contributed by atoms with E-state index in [0.29, 0.717) is 18.4 Å². The van der Waals surface area contributed by atoms with Crippen molar-refractivity contribution < 1.29 is 9.90 Å². The third kappa shape index (κ3) is 3.38. The molecule has 0 saturated heterocycles. The Morgan fingerprint density at radius 3 is 2.57 bits per heavy atom. The van der Waals surface area contributed by atoms with E-state index in [4.69, 9.17) is 5.26 Å². The maximum atomic E-state index is 12.5. The SMILES string of the molecule is N#Cc1ccc(C(=O)N[C@H](c2ccccc2)C2CC(O)C2)cn1. The van der Waals surface area contributed by atoms with Gasteiger partial charge < -0.3 is 10.4 Å². The van der Waals surface area contributed by atoms with Gasteiger partial charge in [0.1, 0.15) is 11.8 Å². The van der Waals surface area contributed by atoms with Gasteiger partial charge in [-0.1, -0.05) is 30.3 Å². The molecule has 3 rings (SSSR count). The number of amides is 1. The van der Waals surface area contributed by atoms with Crippen LogP contribution < -0.4 is 5.32 Å². The largest absolute Gasteiger partial charge is 0.393 e. The van der Waals surface area contributed by atoms with Gasteiger partial charge in [-0.05, 0) is 36.5 Å². The van der Waals surface area contributed by atoms with Crippen molar-refractivity contribution in [3.05, 3.63) is 65.5 Å². The molecule has 1 aliphatic rings. The highest BCUT2D eigenvalue weighted by molar-refractivity contribution is 5.94. The molecule has 1 aromatic heterocycles. The van der Waals surface area contributed by atoms with E-state index in [0.717, 1.165) is 5.56 Å². The van der Waals surface area contributed by atoms with Crippen molar-refractivity contribution in [3.63, 3.8) is 0 Å². The van der Waals surface area contributed by atoms with Crippen molar-refractivity contribution in [2.45, 2.75) is 25.0 Å². The Morgan fingerprint density at radius 1 is 1.26 bits per heavy atom. The minimum Gasteiger partial charge on any atom is -0.393 e. The molecule has 1 amide bonds. The van der Waals surface area contributed by atoms with Crippen molar-refractivity contribution in [2.75, 3.05) is 0 Å². The molecular weight excluding hydrogens is 290 g/mol. The smallest absolute Gasteiger partial charge is 0.253 e. The highest BCUT2D eigenvalue weighted by Gasteiger charge is 2.35. The zero-order valence-corrected chi connectivity index (χ0v) is 12.5. The van der Waals surface area contributed by atoms with E-state index in [1.165, 1.54) is 12.3 Å². The second-order valence-corrected chi connectivity index (χ2v) is 5.79. The van der Waals surface area contributed by atoms with Gasteiger partial charge in [0, 0.05) is 6.20 Å². The minimum atomic E-state index is -0.278. The van der Waals surface area contributed by atoms with Crippen LogP contribution in [0, 0.1) is 17.2 Å². The molecule has 1 atom stereocenters. The number of nitrogens with zero attached hydrogens (tertiary/aromatic N) is 2. The molecule has 116 valence electrons. The molecule has 5 heteroatoms. The minimum absolute atomic E-state index is 0.136. The number of hydrogen-bond donors (Lipinski definition) is 2. The van der Waals surface area contributed by atoms with Crippen LogP contribution in [0.3, 0.4) is 0 Å². The first-order valence-corrected chi connectivity index (χ1v) is 7.57. The Kier molecular flexibility index (Phi) is 4.35. The summed E-state index contributed by atoms with van der Waals surface area (Å²) in [6.07, 6.45) is 2.50. The molecule has 1 aromatic carbocycles. The summed E-state index contributed by atoms with van der Waals surface area (Å²) >= 11 is 0. The molecule has 0 bridgehead atoms. The predicted molar refractivity (Wildman–Crippen MR) is 84.3 cm³/mol. The number of aliphatic hydroxyl groups is 1. The number of pyridine rings is 1. The summed E-state index contributed by atoms with van der Waals surface area (Å²) in [4.78, 5) is 16.4. The Labute approximate surface area is 134 Å². The molecule has 0 radical (unpaired) electrons. The monoisotopic (exact) mass is 307 g/mol. The van der Waals surface area contributed by atoms with E-state index in [1.807, 2.05) is 36.4 Å². The number of aromatic nitrogens is 1. The molecule has 1 fully saturated rings. The lowest BCUT2D eigenvalue weighted by molar-refractivity contribution is 0.0235. The first kappa shape index (κ1) is 15.2. The van der Waals surface area contributed by atoms with E-state index >= 15 is 0 Å². The molecule has 23 heavy (non-hydrogen) atoms. The Hall–Kier alpha value is -2.71. The molecule has 2 N–H and O–H groups in total. The number of carbonyl (C=O) groups is 1. The van der Waals surface area contributed by atoms with E-state index < -0.39 is 0 Å². The van der Waals surface area contributed by atoms with Crippen LogP contribution in [-0.2, 0) is 0 Å². The fourth-order valence-corrected chi connectivity index (χ4v) is 2.85. The van der Waals surface area contributed by atoms with E-state index in [2.05, 4.69) is 10.3 Å². The van der Waals surface area contributed by atoms with Gasteiger partial charge in [-0.2, -0.15) is 5.26 Å². The maximum absolute atomic E-state index is 12.5. The summed E-state index contributed by atoms with van der Waals surface area (Å²) in [7, 11) is 0. The highest BCUT2D eigenvalue weighted by atomic mass is 16.3. The molecule has 0 aliphatic heterocycles. The van der Waals surface area contributed by atoms with Crippen LogP contribution in [0.15, 0.2) is 48.7 Å². The fourth-order valence-electron chi connectivity index (χ4n) is 2.85. The second-order valence-electron chi connectivity index (χ2n) is 5.79. The second kappa shape index (κ2) is 6.59. The molecule has 1 aliphatic carbocycles. The summed E-state index contributed by atoms with van der Waals surface area (Å²) in [5, 5.41) is 21.4. The quantitative estimate of drug-likeness (QED) is 0.906. The lowest BCUT2D eigenvalue weighted by atomic mass is 9.75. The molecule has 0 spiro atoms. The molecular formula is C18H17N3O2. The van der Waals surface area contributed by atoms with Gasteiger partial charge in [0.2, 0.25) is 0 Å². The highest BCUT2D eigenvalue weighted by Crippen LogP contribution is 2.38. The van der Waals surface area contributed by atoms with Crippen LogP contribution in [0.4, 0.5) is 0 Å². The van der Waals surface area contributed by atoms with Gasteiger partial charge in [0.25, 0.3) is 5.91 Å². The van der Waals surface area contributed by atoms with Crippen LogP contribution >= 0.6 is 0 Å². The summed E-state index contributed by atoms with van der Waals surface area (Å²) in [6, 6.07) is 14.7. The van der Waals surface area contributed by atoms with Crippen molar-refractivity contribution in [2.24, 2.45) is 5.92 Å². The number of carbonyl (C=O) groups excluding carboxylic acids is 1. The van der Waals surface area contributed by atoms with Gasteiger partial charge in [0.15, 0.2) is 0 Å². The standard InChI is InChI=1S/C18H17N3O2/c19-10-15-7-6-13(11-20-15)18(23)21-17(14-8-16(22)9-14)12-4-2-1-3-5-12/h1-7,11,14,16-17,22H,8-9H2,(H,21,23)/t14?,16?,17-/m1/s1. The van der Waals surface area contributed by atoms with E-state index in [1.54, 1.807) is 6.07 Å². The topological polar surface area (TPSA) is 86.0 Å². The van der Waals surface area contributed by atoms with Crippen molar-refractivity contribution in [3.8, 4) is 6.07 Å². The van der Waals surface area contributed by atoms with Crippen molar-refractivity contribution in [1.82, 2.24) is 10.3 Å². The van der Waals surface area contributed by atoms with Crippen LogP contribution in [0.2, 0.25) is 0 Å². The number of benzene rings is 1. The molecule has 2 aromatic rings. The van der Waals surface area contributed by atoms with Crippen LogP contribution in [0.25, 0.3) is 0 Å². The Bertz CT molecular complexity index is 716. The third-order valence-corrected chi connectivity index (χ3v) is 4.21. The summed E-state index contributed by atoms with van der Waals surface area (Å²) in [5.41, 5.74) is 1.73. The van der Waals surface area contributed by atoms with Crippen LogP contribution in [0.5, 0.6) is 0 Å².